The third kappa shape index (κ3) is 3.66. The fraction of sp³-hybridized carbons (Fsp3) is 0.278. The molecule has 0 aliphatic heterocycles. The van der Waals surface area contributed by atoms with Gasteiger partial charge in [0.05, 0.1) is 16.1 Å². The van der Waals surface area contributed by atoms with Gasteiger partial charge in [-0.2, -0.15) is 0 Å². The highest BCUT2D eigenvalue weighted by Crippen LogP contribution is 2.31. The first-order valence-electron chi connectivity index (χ1n) is 6.95. The monoisotopic (exact) mass is 319 g/mol. The summed E-state index contributed by atoms with van der Waals surface area (Å²) >= 11 is 12.3. The summed E-state index contributed by atoms with van der Waals surface area (Å²) in [4.78, 5) is 4.65. The number of hydrogen-bond donors (Lipinski definition) is 0. The number of halogens is 2. The van der Waals surface area contributed by atoms with Crippen LogP contribution in [0, 0.1) is 20.8 Å². The van der Waals surface area contributed by atoms with Gasteiger partial charge in [-0.3, -0.25) is 4.99 Å². The van der Waals surface area contributed by atoms with Crippen molar-refractivity contribution in [3.63, 3.8) is 0 Å². The van der Waals surface area contributed by atoms with Gasteiger partial charge >= 0.3 is 0 Å². The zero-order valence-corrected chi connectivity index (χ0v) is 14.3. The topological polar surface area (TPSA) is 12.4 Å². The Morgan fingerprint density at radius 2 is 1.67 bits per heavy atom. The van der Waals surface area contributed by atoms with Crippen LogP contribution in [0.4, 0.5) is 0 Å². The van der Waals surface area contributed by atoms with Crippen molar-refractivity contribution in [2.24, 2.45) is 4.99 Å². The summed E-state index contributed by atoms with van der Waals surface area (Å²) in [7, 11) is 0. The highest BCUT2D eigenvalue weighted by Gasteiger charge is 2.10. The number of aliphatic imine (C=N–C) groups is 1. The van der Waals surface area contributed by atoms with Gasteiger partial charge in [0.1, 0.15) is 0 Å². The van der Waals surface area contributed by atoms with Crippen LogP contribution in [0.15, 0.2) is 35.3 Å². The van der Waals surface area contributed by atoms with Gasteiger partial charge in [-0.1, -0.05) is 53.0 Å². The number of benzene rings is 2. The summed E-state index contributed by atoms with van der Waals surface area (Å²) in [5, 5.41) is 1.15. The summed E-state index contributed by atoms with van der Waals surface area (Å²) in [5.74, 6) is 0. The van der Waals surface area contributed by atoms with Gasteiger partial charge in [0.15, 0.2) is 0 Å². The van der Waals surface area contributed by atoms with Crippen LogP contribution in [0.2, 0.25) is 10.0 Å². The molecule has 2 aromatic carbocycles. The highest BCUT2D eigenvalue weighted by atomic mass is 35.5. The molecule has 0 saturated carbocycles. The molecule has 0 spiro atoms. The molecule has 0 fully saturated rings. The SMILES string of the molecule is Cc1cc(C)c(/C=N\C(C)c2cccc(Cl)c2Cl)c(C)c1. The summed E-state index contributed by atoms with van der Waals surface area (Å²) in [6.07, 6.45) is 1.94. The lowest BCUT2D eigenvalue weighted by Gasteiger charge is -2.11. The molecule has 0 radical (unpaired) electrons. The number of nitrogens with zero attached hydrogens (tertiary/aromatic N) is 1. The molecule has 0 amide bonds. The quantitative estimate of drug-likeness (QED) is 0.606. The third-order valence-corrected chi connectivity index (χ3v) is 4.43. The van der Waals surface area contributed by atoms with E-state index in [9.17, 15) is 0 Å². The van der Waals surface area contributed by atoms with E-state index in [1.807, 2.05) is 25.3 Å². The molecule has 2 aromatic rings. The van der Waals surface area contributed by atoms with Crippen LogP contribution in [0.3, 0.4) is 0 Å². The molecule has 110 valence electrons. The lowest BCUT2D eigenvalue weighted by molar-refractivity contribution is 0.825. The van der Waals surface area contributed by atoms with Crippen molar-refractivity contribution in [3.8, 4) is 0 Å². The Kier molecular flexibility index (Phi) is 5.08. The smallest absolute Gasteiger partial charge is 0.0736 e. The predicted octanol–water partition coefficient (Wildman–Crippen LogP) is 6.10. The third-order valence-electron chi connectivity index (χ3n) is 3.60. The Morgan fingerprint density at radius 1 is 1.05 bits per heavy atom. The first-order valence-corrected chi connectivity index (χ1v) is 7.70. The average molecular weight is 320 g/mol. The maximum atomic E-state index is 6.25. The minimum atomic E-state index is -0.0312. The van der Waals surface area contributed by atoms with Crippen LogP contribution < -0.4 is 0 Å². The molecule has 0 aromatic heterocycles. The lowest BCUT2D eigenvalue weighted by atomic mass is 10.0. The molecular weight excluding hydrogens is 301 g/mol. The van der Waals surface area contributed by atoms with Gasteiger partial charge in [0, 0.05) is 6.21 Å². The van der Waals surface area contributed by atoms with E-state index in [0.29, 0.717) is 10.0 Å². The van der Waals surface area contributed by atoms with Crippen LogP contribution >= 0.6 is 23.2 Å². The Balaban J connectivity index is 2.31. The molecule has 1 unspecified atom stereocenters. The fourth-order valence-corrected chi connectivity index (χ4v) is 2.97. The molecule has 0 heterocycles. The number of aryl methyl sites for hydroxylation is 3. The van der Waals surface area contributed by atoms with Crippen molar-refractivity contribution in [1.29, 1.82) is 0 Å². The van der Waals surface area contributed by atoms with E-state index in [4.69, 9.17) is 23.2 Å². The summed E-state index contributed by atoms with van der Waals surface area (Å²) < 4.78 is 0. The second kappa shape index (κ2) is 6.64. The molecule has 0 saturated heterocycles. The molecule has 1 atom stereocenters. The zero-order chi connectivity index (χ0) is 15.6. The van der Waals surface area contributed by atoms with Gasteiger partial charge in [-0.15, -0.1) is 0 Å². The molecule has 21 heavy (non-hydrogen) atoms. The zero-order valence-electron chi connectivity index (χ0n) is 12.7. The summed E-state index contributed by atoms with van der Waals surface area (Å²) in [6, 6.07) is 9.97. The van der Waals surface area contributed by atoms with Crippen molar-refractivity contribution < 1.29 is 0 Å². The van der Waals surface area contributed by atoms with Crippen LogP contribution in [0.1, 0.15) is 40.8 Å². The minimum absolute atomic E-state index is 0.0312. The molecule has 0 aliphatic carbocycles. The lowest BCUT2D eigenvalue weighted by Crippen LogP contribution is -1.97. The fourth-order valence-electron chi connectivity index (χ4n) is 2.50. The van der Waals surface area contributed by atoms with Crippen LogP contribution in [0.25, 0.3) is 0 Å². The molecule has 0 N–H and O–H groups in total. The van der Waals surface area contributed by atoms with Gasteiger partial charge in [0.25, 0.3) is 0 Å². The maximum absolute atomic E-state index is 6.25. The van der Waals surface area contributed by atoms with Crippen LogP contribution in [0.5, 0.6) is 0 Å². The minimum Gasteiger partial charge on any atom is -0.285 e. The van der Waals surface area contributed by atoms with E-state index in [1.165, 1.54) is 22.3 Å². The van der Waals surface area contributed by atoms with Crippen molar-refractivity contribution >= 4 is 29.4 Å². The molecule has 0 bridgehead atoms. The number of hydrogen-bond acceptors (Lipinski definition) is 1. The van der Waals surface area contributed by atoms with E-state index in [1.54, 1.807) is 6.07 Å². The van der Waals surface area contributed by atoms with E-state index in [-0.39, 0.29) is 6.04 Å². The molecule has 0 aliphatic rings. The molecule has 3 heteroatoms. The second-order valence-electron chi connectivity index (χ2n) is 5.41. The van der Waals surface area contributed by atoms with Gasteiger partial charge in [-0.05, 0) is 56.0 Å². The van der Waals surface area contributed by atoms with Crippen molar-refractivity contribution in [1.82, 2.24) is 0 Å². The Hall–Kier alpha value is -1.31. The predicted molar refractivity (Wildman–Crippen MR) is 93.1 cm³/mol. The normalized spacial score (nSPS) is 12.9. The van der Waals surface area contributed by atoms with Crippen LogP contribution in [-0.2, 0) is 0 Å². The van der Waals surface area contributed by atoms with E-state index < -0.39 is 0 Å². The van der Waals surface area contributed by atoms with Crippen molar-refractivity contribution in [2.45, 2.75) is 33.7 Å². The summed E-state index contributed by atoms with van der Waals surface area (Å²) in [5.41, 5.74) is 5.86. The highest BCUT2D eigenvalue weighted by molar-refractivity contribution is 6.42. The average Bonchev–Trinajstić information content (AvgIpc) is 2.40. The molecular formula is C18H19Cl2N. The summed E-state index contributed by atoms with van der Waals surface area (Å²) in [6.45, 7) is 8.35. The second-order valence-corrected chi connectivity index (χ2v) is 6.19. The first-order chi connectivity index (χ1) is 9.90. The van der Waals surface area contributed by atoms with E-state index in [2.05, 4.69) is 37.9 Å². The Labute approximate surface area is 136 Å². The van der Waals surface area contributed by atoms with Crippen molar-refractivity contribution in [2.75, 3.05) is 0 Å². The Morgan fingerprint density at radius 3 is 2.29 bits per heavy atom. The van der Waals surface area contributed by atoms with Crippen molar-refractivity contribution in [3.05, 3.63) is 68.2 Å². The largest absolute Gasteiger partial charge is 0.285 e. The van der Waals surface area contributed by atoms with Gasteiger partial charge in [-0.25, -0.2) is 0 Å². The molecule has 2 rings (SSSR count). The maximum Gasteiger partial charge on any atom is 0.0736 e. The first kappa shape index (κ1) is 16.1. The van der Waals surface area contributed by atoms with E-state index >= 15 is 0 Å². The van der Waals surface area contributed by atoms with E-state index in [0.717, 1.165) is 5.56 Å². The number of rotatable bonds is 3. The van der Waals surface area contributed by atoms with Gasteiger partial charge < -0.3 is 0 Å². The van der Waals surface area contributed by atoms with Crippen LogP contribution in [-0.4, -0.2) is 6.21 Å². The van der Waals surface area contributed by atoms with Gasteiger partial charge in [0.2, 0.25) is 0 Å². The Bertz CT molecular complexity index is 667. The standard InChI is InChI=1S/C18H19Cl2N/c1-11-8-12(2)16(13(3)9-11)10-21-14(4)15-6-5-7-17(19)18(15)20/h5-10,14H,1-4H3/b21-10-. The molecule has 1 nitrogen and oxygen atoms in total.